The summed E-state index contributed by atoms with van der Waals surface area (Å²) in [5, 5.41) is 4.42. The fourth-order valence-corrected chi connectivity index (χ4v) is 2.27. The Balaban J connectivity index is 2.29. The number of aryl methyl sites for hydroxylation is 1. The molecule has 0 spiro atoms. The fourth-order valence-electron chi connectivity index (χ4n) is 2.27. The van der Waals surface area contributed by atoms with E-state index in [0.29, 0.717) is 11.7 Å². The van der Waals surface area contributed by atoms with Crippen LogP contribution in [0.2, 0.25) is 0 Å². The van der Waals surface area contributed by atoms with Crippen molar-refractivity contribution in [3.05, 3.63) is 17.5 Å². The molecule has 0 amide bonds. The molecule has 1 aromatic heterocycles. The summed E-state index contributed by atoms with van der Waals surface area (Å²) in [6, 6.07) is 2.32. The Morgan fingerprint density at radius 3 is 2.73 bits per heavy atom. The van der Waals surface area contributed by atoms with Crippen LogP contribution in [0.4, 0.5) is 0 Å². The van der Waals surface area contributed by atoms with Gasteiger partial charge in [0.05, 0.1) is 11.7 Å². The normalized spacial score (nSPS) is 22.2. The van der Waals surface area contributed by atoms with Gasteiger partial charge in [0.2, 0.25) is 0 Å². The van der Waals surface area contributed by atoms with Crippen LogP contribution >= 0.6 is 0 Å². The zero-order valence-electron chi connectivity index (χ0n) is 9.53. The molecule has 0 bridgehead atoms. The van der Waals surface area contributed by atoms with Gasteiger partial charge in [-0.25, -0.2) is 0 Å². The number of Topliss-reactive ketones (excluding diaryl/α,β-unsaturated/α-hetero) is 1. The second-order valence-electron chi connectivity index (χ2n) is 4.27. The molecule has 4 heteroatoms. The van der Waals surface area contributed by atoms with Crippen molar-refractivity contribution in [1.29, 1.82) is 0 Å². The molecule has 1 unspecified atom stereocenters. The molecule has 1 aliphatic rings. The molecule has 2 rings (SSSR count). The van der Waals surface area contributed by atoms with Crippen LogP contribution < -0.4 is 0 Å². The van der Waals surface area contributed by atoms with Crippen LogP contribution in [0.15, 0.2) is 6.07 Å². The molecule has 0 radical (unpaired) electrons. The zero-order valence-corrected chi connectivity index (χ0v) is 9.53. The lowest BCUT2D eigenvalue weighted by Crippen LogP contribution is -2.17. The smallest absolute Gasteiger partial charge is 0.177 e. The van der Waals surface area contributed by atoms with Crippen molar-refractivity contribution < 1.29 is 4.79 Å². The van der Waals surface area contributed by atoms with E-state index in [2.05, 4.69) is 17.0 Å². The Kier molecular flexibility index (Phi) is 2.61. The van der Waals surface area contributed by atoms with Gasteiger partial charge in [0, 0.05) is 14.0 Å². The number of hydrogen-bond donors (Lipinski definition) is 0. The first-order valence-electron chi connectivity index (χ1n) is 5.34. The average molecular weight is 207 g/mol. The quantitative estimate of drug-likeness (QED) is 0.688. The first-order chi connectivity index (χ1) is 7.09. The molecule has 1 saturated heterocycles. The highest BCUT2D eigenvalue weighted by atomic mass is 16.1. The molecule has 82 valence electrons. The number of carbonyl (C=O) groups excluding carboxylic acids is 1. The SMILES string of the molecule is CC(=O)c1cc(C2CCCN2C)nn1C. The molecule has 0 aromatic carbocycles. The third kappa shape index (κ3) is 1.81. The summed E-state index contributed by atoms with van der Waals surface area (Å²) in [7, 11) is 3.94. The summed E-state index contributed by atoms with van der Waals surface area (Å²) in [5.41, 5.74) is 1.73. The largest absolute Gasteiger partial charge is 0.298 e. The second kappa shape index (κ2) is 3.77. The summed E-state index contributed by atoms with van der Waals surface area (Å²) in [6.07, 6.45) is 2.36. The molecular weight excluding hydrogens is 190 g/mol. The highest BCUT2D eigenvalue weighted by Gasteiger charge is 2.25. The van der Waals surface area contributed by atoms with Crippen molar-refractivity contribution in [3.8, 4) is 0 Å². The number of aromatic nitrogens is 2. The minimum absolute atomic E-state index is 0.0805. The van der Waals surface area contributed by atoms with Crippen molar-refractivity contribution >= 4 is 5.78 Å². The Morgan fingerprint density at radius 1 is 1.53 bits per heavy atom. The maximum Gasteiger partial charge on any atom is 0.177 e. The van der Waals surface area contributed by atoms with Crippen molar-refractivity contribution in [1.82, 2.24) is 14.7 Å². The molecule has 1 fully saturated rings. The van der Waals surface area contributed by atoms with E-state index in [1.54, 1.807) is 11.6 Å². The van der Waals surface area contributed by atoms with Crippen molar-refractivity contribution in [2.75, 3.05) is 13.6 Å². The predicted octanol–water partition coefficient (Wildman–Crippen LogP) is 1.39. The van der Waals surface area contributed by atoms with E-state index in [1.807, 2.05) is 13.1 Å². The van der Waals surface area contributed by atoms with Crippen LogP contribution in [0.25, 0.3) is 0 Å². The molecule has 0 aliphatic carbocycles. The molecule has 0 N–H and O–H groups in total. The van der Waals surface area contributed by atoms with Gasteiger partial charge in [-0.3, -0.25) is 14.4 Å². The molecule has 1 aromatic rings. The van der Waals surface area contributed by atoms with Gasteiger partial charge in [-0.15, -0.1) is 0 Å². The maximum absolute atomic E-state index is 11.3. The summed E-state index contributed by atoms with van der Waals surface area (Å²) >= 11 is 0. The van der Waals surface area contributed by atoms with Gasteiger partial charge in [0.15, 0.2) is 5.78 Å². The second-order valence-corrected chi connectivity index (χ2v) is 4.27. The van der Waals surface area contributed by atoms with E-state index in [1.165, 1.54) is 6.42 Å². The monoisotopic (exact) mass is 207 g/mol. The highest BCUT2D eigenvalue weighted by Crippen LogP contribution is 2.29. The lowest BCUT2D eigenvalue weighted by Gasteiger charge is -2.16. The van der Waals surface area contributed by atoms with Crippen LogP contribution in [0.1, 0.15) is 42.0 Å². The van der Waals surface area contributed by atoms with Gasteiger partial charge < -0.3 is 0 Å². The van der Waals surface area contributed by atoms with Crippen molar-refractivity contribution in [2.24, 2.45) is 7.05 Å². The Labute approximate surface area is 89.9 Å². The highest BCUT2D eigenvalue weighted by molar-refractivity contribution is 5.92. The minimum atomic E-state index is 0.0805. The minimum Gasteiger partial charge on any atom is -0.298 e. The third-order valence-corrected chi connectivity index (χ3v) is 3.12. The summed E-state index contributed by atoms with van der Waals surface area (Å²) in [6.45, 7) is 2.70. The van der Waals surface area contributed by atoms with Crippen LogP contribution in [0.5, 0.6) is 0 Å². The lowest BCUT2D eigenvalue weighted by molar-refractivity contribution is 0.100. The number of carbonyl (C=O) groups is 1. The predicted molar refractivity (Wildman–Crippen MR) is 57.8 cm³/mol. The van der Waals surface area contributed by atoms with Crippen LogP contribution in [0, 0.1) is 0 Å². The first kappa shape index (κ1) is 10.4. The van der Waals surface area contributed by atoms with Gasteiger partial charge in [0.1, 0.15) is 5.69 Å². The number of ketones is 1. The lowest BCUT2D eigenvalue weighted by atomic mass is 10.1. The zero-order chi connectivity index (χ0) is 11.0. The number of likely N-dealkylation sites (tertiary alicyclic amines) is 1. The average Bonchev–Trinajstić information content (AvgIpc) is 2.71. The maximum atomic E-state index is 11.3. The van der Waals surface area contributed by atoms with Crippen molar-refractivity contribution in [2.45, 2.75) is 25.8 Å². The third-order valence-electron chi connectivity index (χ3n) is 3.12. The summed E-state index contributed by atoms with van der Waals surface area (Å²) < 4.78 is 1.68. The Bertz CT molecular complexity index is 383. The Hall–Kier alpha value is -1.16. The molecule has 4 nitrogen and oxygen atoms in total. The van der Waals surface area contributed by atoms with E-state index in [0.717, 1.165) is 18.7 Å². The van der Waals surface area contributed by atoms with E-state index in [9.17, 15) is 4.79 Å². The van der Waals surface area contributed by atoms with Gasteiger partial charge in [0.25, 0.3) is 0 Å². The summed E-state index contributed by atoms with van der Waals surface area (Å²) in [5.74, 6) is 0.0805. The molecule has 2 heterocycles. The Morgan fingerprint density at radius 2 is 2.27 bits per heavy atom. The van der Waals surface area contributed by atoms with Crippen molar-refractivity contribution in [3.63, 3.8) is 0 Å². The van der Waals surface area contributed by atoms with E-state index in [4.69, 9.17) is 0 Å². The number of nitrogens with zero attached hydrogens (tertiary/aromatic N) is 3. The van der Waals surface area contributed by atoms with Crippen LogP contribution in [-0.2, 0) is 7.05 Å². The van der Waals surface area contributed by atoms with E-state index in [-0.39, 0.29) is 5.78 Å². The van der Waals surface area contributed by atoms with Gasteiger partial charge in [-0.2, -0.15) is 5.10 Å². The molecule has 15 heavy (non-hydrogen) atoms. The molecule has 1 atom stereocenters. The summed E-state index contributed by atoms with van der Waals surface area (Å²) in [4.78, 5) is 13.6. The van der Waals surface area contributed by atoms with E-state index >= 15 is 0 Å². The van der Waals surface area contributed by atoms with Gasteiger partial charge in [-0.1, -0.05) is 0 Å². The molecule has 0 saturated carbocycles. The fraction of sp³-hybridized carbons (Fsp3) is 0.636. The molecular formula is C11H17N3O. The van der Waals surface area contributed by atoms with Crippen LogP contribution in [-0.4, -0.2) is 34.1 Å². The van der Waals surface area contributed by atoms with Gasteiger partial charge in [-0.05, 0) is 32.5 Å². The van der Waals surface area contributed by atoms with E-state index < -0.39 is 0 Å². The number of rotatable bonds is 2. The first-order valence-corrected chi connectivity index (χ1v) is 5.34. The standard InChI is InChI=1S/C11H17N3O/c1-8(15)11-7-9(12-14(11)3)10-5-4-6-13(10)2/h7,10H,4-6H2,1-3H3. The number of hydrogen-bond acceptors (Lipinski definition) is 3. The molecule has 1 aliphatic heterocycles. The van der Waals surface area contributed by atoms with Crippen LogP contribution in [0.3, 0.4) is 0 Å². The topological polar surface area (TPSA) is 38.1 Å². The van der Waals surface area contributed by atoms with Gasteiger partial charge >= 0.3 is 0 Å².